The Balaban J connectivity index is 1.73. The molecular formula is C14H22N2O2S. The van der Waals surface area contributed by atoms with Gasteiger partial charge in [0.15, 0.2) is 0 Å². The van der Waals surface area contributed by atoms with E-state index in [9.17, 15) is 5.11 Å². The van der Waals surface area contributed by atoms with E-state index in [-0.39, 0.29) is 0 Å². The summed E-state index contributed by atoms with van der Waals surface area (Å²) in [7, 11) is 0. The number of aliphatic hydroxyl groups excluding tert-OH is 1. The van der Waals surface area contributed by atoms with Crippen molar-refractivity contribution in [1.82, 2.24) is 4.90 Å². The SMILES string of the molecule is CC1CN(CC(O)COc2cccc(N)c2)CCS1. The second-order valence-corrected chi connectivity index (χ2v) is 6.52. The van der Waals surface area contributed by atoms with Crippen LogP contribution in [0.25, 0.3) is 0 Å². The Hall–Kier alpha value is -0.910. The van der Waals surface area contributed by atoms with Crippen LogP contribution in [0.5, 0.6) is 5.75 Å². The zero-order valence-electron chi connectivity index (χ0n) is 11.3. The number of nitrogens with zero attached hydrogens (tertiary/aromatic N) is 1. The molecule has 0 bridgehead atoms. The van der Waals surface area contributed by atoms with Gasteiger partial charge in [-0.15, -0.1) is 0 Å². The summed E-state index contributed by atoms with van der Waals surface area (Å²) in [5.74, 6) is 1.85. The monoisotopic (exact) mass is 282 g/mol. The molecule has 0 radical (unpaired) electrons. The van der Waals surface area contributed by atoms with E-state index in [4.69, 9.17) is 10.5 Å². The van der Waals surface area contributed by atoms with Crippen molar-refractivity contribution in [2.24, 2.45) is 0 Å². The second kappa shape index (κ2) is 7.03. The van der Waals surface area contributed by atoms with Crippen LogP contribution in [0.15, 0.2) is 24.3 Å². The van der Waals surface area contributed by atoms with E-state index in [0.717, 1.165) is 18.8 Å². The molecule has 4 nitrogen and oxygen atoms in total. The molecule has 1 heterocycles. The lowest BCUT2D eigenvalue weighted by atomic mass is 10.3. The first-order chi connectivity index (χ1) is 9.13. The molecule has 5 heteroatoms. The van der Waals surface area contributed by atoms with Gasteiger partial charge >= 0.3 is 0 Å². The van der Waals surface area contributed by atoms with Crippen LogP contribution in [0.1, 0.15) is 6.92 Å². The average Bonchev–Trinajstić information content (AvgIpc) is 2.36. The summed E-state index contributed by atoms with van der Waals surface area (Å²) < 4.78 is 5.56. The Kier molecular flexibility index (Phi) is 5.36. The first-order valence-electron chi connectivity index (χ1n) is 6.64. The van der Waals surface area contributed by atoms with Crippen LogP contribution in [-0.4, -0.2) is 53.4 Å². The Morgan fingerprint density at radius 2 is 2.42 bits per heavy atom. The van der Waals surface area contributed by atoms with Crippen LogP contribution >= 0.6 is 11.8 Å². The number of nitrogens with two attached hydrogens (primary N) is 1. The van der Waals surface area contributed by atoms with Crippen LogP contribution in [0.2, 0.25) is 0 Å². The first kappa shape index (κ1) is 14.5. The molecule has 106 valence electrons. The molecule has 1 fully saturated rings. The summed E-state index contributed by atoms with van der Waals surface area (Å²) in [5.41, 5.74) is 6.35. The van der Waals surface area contributed by atoms with E-state index < -0.39 is 6.10 Å². The van der Waals surface area contributed by atoms with Gasteiger partial charge in [-0.25, -0.2) is 0 Å². The third-order valence-electron chi connectivity index (χ3n) is 3.09. The van der Waals surface area contributed by atoms with Gasteiger partial charge in [-0.1, -0.05) is 13.0 Å². The van der Waals surface area contributed by atoms with Crippen LogP contribution in [0, 0.1) is 0 Å². The minimum atomic E-state index is -0.461. The topological polar surface area (TPSA) is 58.7 Å². The molecular weight excluding hydrogens is 260 g/mol. The predicted octanol–water partition coefficient (Wildman–Crippen LogP) is 1.45. The third kappa shape index (κ3) is 4.93. The summed E-state index contributed by atoms with van der Waals surface area (Å²) >= 11 is 1.99. The lowest BCUT2D eigenvalue weighted by Gasteiger charge is -2.31. The molecule has 19 heavy (non-hydrogen) atoms. The summed E-state index contributed by atoms with van der Waals surface area (Å²) in [6.07, 6.45) is -0.461. The molecule has 1 aliphatic heterocycles. The number of nitrogen functional groups attached to an aromatic ring is 1. The minimum absolute atomic E-state index is 0.307. The van der Waals surface area contributed by atoms with E-state index in [0.29, 0.717) is 29.8 Å². The van der Waals surface area contributed by atoms with Crippen LogP contribution in [0.3, 0.4) is 0 Å². The molecule has 0 spiro atoms. The molecule has 0 saturated carbocycles. The fraction of sp³-hybridized carbons (Fsp3) is 0.571. The van der Waals surface area contributed by atoms with Crippen LogP contribution in [-0.2, 0) is 0 Å². The summed E-state index contributed by atoms with van der Waals surface area (Å²) in [5, 5.41) is 10.7. The van der Waals surface area contributed by atoms with Gasteiger partial charge in [-0.3, -0.25) is 4.90 Å². The number of ether oxygens (including phenoxy) is 1. The zero-order valence-corrected chi connectivity index (χ0v) is 12.1. The molecule has 1 aromatic rings. The largest absolute Gasteiger partial charge is 0.491 e. The maximum absolute atomic E-state index is 10.0. The molecule has 0 aromatic heterocycles. The summed E-state index contributed by atoms with van der Waals surface area (Å²) in [4.78, 5) is 2.30. The highest BCUT2D eigenvalue weighted by molar-refractivity contribution is 7.99. The van der Waals surface area contributed by atoms with Crippen molar-refractivity contribution < 1.29 is 9.84 Å². The van der Waals surface area contributed by atoms with E-state index in [1.165, 1.54) is 0 Å². The van der Waals surface area contributed by atoms with E-state index in [1.807, 2.05) is 30.0 Å². The number of anilines is 1. The Morgan fingerprint density at radius 3 is 3.16 bits per heavy atom. The summed E-state index contributed by atoms with van der Waals surface area (Å²) in [6.45, 7) is 5.30. The van der Waals surface area contributed by atoms with Crippen molar-refractivity contribution in [2.75, 3.05) is 37.7 Å². The lowest BCUT2D eigenvalue weighted by molar-refractivity contribution is 0.0697. The Bertz CT molecular complexity index is 403. The lowest BCUT2D eigenvalue weighted by Crippen LogP contribution is -2.42. The number of thioether (sulfide) groups is 1. The highest BCUT2D eigenvalue weighted by atomic mass is 32.2. The molecule has 1 saturated heterocycles. The molecule has 1 aromatic carbocycles. The average molecular weight is 282 g/mol. The highest BCUT2D eigenvalue weighted by Crippen LogP contribution is 2.18. The fourth-order valence-electron chi connectivity index (χ4n) is 2.20. The molecule has 2 rings (SSSR count). The number of rotatable bonds is 5. The normalized spacial score (nSPS) is 22.1. The van der Waals surface area contributed by atoms with E-state index >= 15 is 0 Å². The number of hydrogen-bond donors (Lipinski definition) is 2. The molecule has 2 atom stereocenters. The second-order valence-electron chi connectivity index (χ2n) is 4.98. The van der Waals surface area contributed by atoms with E-state index in [1.54, 1.807) is 6.07 Å². The van der Waals surface area contributed by atoms with Crippen molar-refractivity contribution in [3.63, 3.8) is 0 Å². The quantitative estimate of drug-likeness (QED) is 0.801. The van der Waals surface area contributed by atoms with Gasteiger partial charge in [0.2, 0.25) is 0 Å². The van der Waals surface area contributed by atoms with Gasteiger partial charge in [0.05, 0.1) is 0 Å². The fourth-order valence-corrected chi connectivity index (χ4v) is 3.29. The molecule has 2 unspecified atom stereocenters. The van der Waals surface area contributed by atoms with Gasteiger partial charge in [-0.05, 0) is 12.1 Å². The van der Waals surface area contributed by atoms with Crippen molar-refractivity contribution in [3.8, 4) is 5.75 Å². The van der Waals surface area contributed by atoms with Crippen LogP contribution in [0.4, 0.5) is 5.69 Å². The van der Waals surface area contributed by atoms with Crippen molar-refractivity contribution in [1.29, 1.82) is 0 Å². The van der Waals surface area contributed by atoms with Crippen molar-refractivity contribution in [3.05, 3.63) is 24.3 Å². The Morgan fingerprint density at radius 1 is 1.58 bits per heavy atom. The van der Waals surface area contributed by atoms with Gasteiger partial charge in [-0.2, -0.15) is 11.8 Å². The number of β-amino-alcohol motifs (C(OH)–C–C–N with tert-alkyl or cyclic N) is 1. The van der Waals surface area contributed by atoms with E-state index in [2.05, 4.69) is 11.8 Å². The first-order valence-corrected chi connectivity index (χ1v) is 7.68. The standard InChI is InChI=1S/C14H22N2O2S/c1-11-8-16(5-6-19-11)9-13(17)10-18-14-4-2-3-12(15)7-14/h2-4,7,11,13,17H,5-6,8-10,15H2,1H3. The van der Waals surface area contributed by atoms with Gasteiger partial charge < -0.3 is 15.6 Å². The van der Waals surface area contributed by atoms with Crippen LogP contribution < -0.4 is 10.5 Å². The molecule has 0 aliphatic carbocycles. The predicted molar refractivity (Wildman–Crippen MR) is 80.7 cm³/mol. The van der Waals surface area contributed by atoms with Crippen molar-refractivity contribution in [2.45, 2.75) is 18.3 Å². The third-order valence-corrected chi connectivity index (χ3v) is 4.23. The number of hydrogen-bond acceptors (Lipinski definition) is 5. The molecule has 0 amide bonds. The summed E-state index contributed by atoms with van der Waals surface area (Å²) in [6, 6.07) is 7.28. The highest BCUT2D eigenvalue weighted by Gasteiger charge is 2.19. The minimum Gasteiger partial charge on any atom is -0.491 e. The van der Waals surface area contributed by atoms with Gasteiger partial charge in [0.1, 0.15) is 18.5 Å². The number of aliphatic hydroxyl groups is 1. The zero-order chi connectivity index (χ0) is 13.7. The van der Waals surface area contributed by atoms with Gasteiger partial charge in [0, 0.05) is 42.4 Å². The van der Waals surface area contributed by atoms with Gasteiger partial charge in [0.25, 0.3) is 0 Å². The maximum Gasteiger partial charge on any atom is 0.121 e. The number of benzene rings is 1. The maximum atomic E-state index is 10.0. The van der Waals surface area contributed by atoms with Crippen molar-refractivity contribution >= 4 is 17.4 Å². The Labute approximate surface area is 118 Å². The molecule has 1 aliphatic rings. The smallest absolute Gasteiger partial charge is 0.121 e. The molecule has 3 N–H and O–H groups in total.